The molecule has 0 aliphatic carbocycles. The van der Waals surface area contributed by atoms with Crippen LogP contribution in [0.2, 0.25) is 0 Å². The number of anilines is 1. The third-order valence-corrected chi connectivity index (χ3v) is 12.3. The van der Waals surface area contributed by atoms with Gasteiger partial charge in [-0.3, -0.25) is 9.88 Å². The van der Waals surface area contributed by atoms with Crippen LogP contribution in [0.3, 0.4) is 0 Å². The Kier molecular flexibility index (Phi) is 9.04. The average Bonchev–Trinajstić information content (AvgIpc) is 3.96. The minimum atomic E-state index is -4.36. The van der Waals surface area contributed by atoms with Gasteiger partial charge in [-0.15, -0.1) is 6.42 Å². The van der Waals surface area contributed by atoms with Crippen LogP contribution in [0.25, 0.3) is 32.9 Å². The normalized spacial score (nSPS) is 26.3. The first-order valence-electron chi connectivity index (χ1n) is 19.0. The number of benzene rings is 2. The van der Waals surface area contributed by atoms with E-state index in [1.54, 1.807) is 30.5 Å². The highest BCUT2D eigenvalue weighted by atomic mass is 19.4. The number of rotatable bonds is 7. The summed E-state index contributed by atoms with van der Waals surface area (Å²) in [4.78, 5) is 32.3. The zero-order valence-corrected chi connectivity index (χ0v) is 30.5. The molecule has 5 saturated heterocycles. The second kappa shape index (κ2) is 13.8. The smallest absolute Gasteiger partial charge is 0.409 e. The number of carbonyl (C=O) groups is 1. The van der Waals surface area contributed by atoms with Gasteiger partial charge in [0.25, 0.3) is 0 Å². The average molecular weight is 774 g/mol. The molecule has 5 aliphatic heterocycles. The molecule has 0 spiro atoms. The lowest BCUT2D eigenvalue weighted by Gasteiger charge is -2.35. The number of aromatic nitrogens is 3. The van der Waals surface area contributed by atoms with Crippen molar-refractivity contribution in [1.29, 1.82) is 0 Å². The number of likely N-dealkylation sites (tertiary alicyclic amines) is 1. The molecule has 292 valence electrons. The number of pyridine rings is 1. The van der Waals surface area contributed by atoms with Gasteiger partial charge in [0, 0.05) is 68.0 Å². The van der Waals surface area contributed by atoms with Crippen molar-refractivity contribution in [2.75, 3.05) is 50.8 Å². The van der Waals surface area contributed by atoms with Crippen LogP contribution >= 0.6 is 0 Å². The molecule has 2 aromatic heterocycles. The number of amides is 1. The first-order chi connectivity index (χ1) is 26.9. The van der Waals surface area contributed by atoms with Crippen LogP contribution in [0, 0.1) is 29.9 Å². The van der Waals surface area contributed by atoms with E-state index in [0.717, 1.165) is 23.3 Å². The van der Waals surface area contributed by atoms with Gasteiger partial charge in [-0.1, -0.05) is 42.3 Å². The molecule has 0 saturated carbocycles. The van der Waals surface area contributed by atoms with E-state index in [2.05, 4.69) is 37.6 Å². The van der Waals surface area contributed by atoms with Crippen molar-refractivity contribution < 1.29 is 36.2 Å². The fourth-order valence-electron chi connectivity index (χ4n) is 9.58. The van der Waals surface area contributed by atoms with Gasteiger partial charge >= 0.3 is 18.3 Å². The number of fused-ring (bicyclic) bond motifs is 5. The lowest BCUT2D eigenvalue weighted by molar-refractivity contribution is -0.170. The van der Waals surface area contributed by atoms with Crippen molar-refractivity contribution in [1.82, 2.24) is 30.1 Å². The molecule has 9 rings (SSSR count). The zero-order chi connectivity index (χ0) is 38.9. The van der Waals surface area contributed by atoms with Crippen molar-refractivity contribution in [2.45, 2.75) is 68.4 Å². The van der Waals surface area contributed by atoms with Gasteiger partial charge in [0.15, 0.2) is 5.82 Å². The third kappa shape index (κ3) is 6.36. The number of terminal acetylenes is 1. The highest BCUT2D eigenvalue weighted by molar-refractivity contribution is 6.02. The number of hydrogen-bond acceptors (Lipinski definition) is 9. The number of alkyl halides is 3. The van der Waals surface area contributed by atoms with Crippen molar-refractivity contribution in [3.63, 3.8) is 0 Å². The largest absolute Gasteiger partial charge is 0.461 e. The number of piperazine rings is 1. The van der Waals surface area contributed by atoms with Crippen LogP contribution in [0.4, 0.5) is 32.6 Å². The molecule has 5 aliphatic rings. The predicted octanol–water partition coefficient (Wildman–Crippen LogP) is 6.61. The highest BCUT2D eigenvalue weighted by Crippen LogP contribution is 2.45. The van der Waals surface area contributed by atoms with Crippen molar-refractivity contribution in [3.8, 4) is 29.6 Å². The summed E-state index contributed by atoms with van der Waals surface area (Å²) in [5.41, 5.74) is 0.755. The molecule has 4 aromatic rings. The number of ether oxygens (including phenoxy) is 2. The van der Waals surface area contributed by atoms with Gasteiger partial charge in [-0.2, -0.15) is 23.1 Å². The van der Waals surface area contributed by atoms with Crippen LogP contribution in [0.15, 0.2) is 48.7 Å². The molecular formula is C41H40F5N7O3. The Bertz CT molecular complexity index is 2290. The molecule has 56 heavy (non-hydrogen) atoms. The molecular weight excluding hydrogens is 733 g/mol. The minimum absolute atomic E-state index is 0.000437. The van der Waals surface area contributed by atoms with Crippen LogP contribution in [-0.2, 0) is 4.74 Å². The van der Waals surface area contributed by atoms with Gasteiger partial charge in [0.1, 0.15) is 36.1 Å². The summed E-state index contributed by atoms with van der Waals surface area (Å²) in [7, 11) is 0. The second-order valence-corrected chi connectivity index (χ2v) is 15.8. The van der Waals surface area contributed by atoms with Crippen LogP contribution < -0.4 is 15.0 Å². The summed E-state index contributed by atoms with van der Waals surface area (Å²) < 4.78 is 83.6. The summed E-state index contributed by atoms with van der Waals surface area (Å²) in [5.74, 6) is 0.0684. The molecule has 15 heteroatoms. The molecule has 1 unspecified atom stereocenters. The van der Waals surface area contributed by atoms with E-state index in [4.69, 9.17) is 20.9 Å². The molecule has 5 fully saturated rings. The van der Waals surface area contributed by atoms with Gasteiger partial charge in [0.05, 0.1) is 22.4 Å². The lowest BCUT2D eigenvalue weighted by atomic mass is 9.94. The Morgan fingerprint density at radius 3 is 2.62 bits per heavy atom. The first kappa shape index (κ1) is 36.6. The van der Waals surface area contributed by atoms with Gasteiger partial charge < -0.3 is 24.6 Å². The SMILES string of the molecule is C#Cc1c(F)ccc2cccc(-c3ncc4c(N5C[C@H]6CC[C@@H](C5)N6)nc(OC[C@@]56CC[C@@H](COC(=O)N7CCC(C(F)(F)F)C7)N5CC(=C)C6)nc4c3F)c12. The van der Waals surface area contributed by atoms with Crippen LogP contribution in [0.1, 0.15) is 44.1 Å². The molecule has 2 aromatic carbocycles. The molecule has 7 heterocycles. The molecule has 5 atom stereocenters. The number of halogens is 5. The van der Waals surface area contributed by atoms with Crippen molar-refractivity contribution in [3.05, 3.63) is 65.9 Å². The second-order valence-electron chi connectivity index (χ2n) is 15.8. The monoisotopic (exact) mass is 773 g/mol. The number of nitrogens with one attached hydrogen (secondary N) is 1. The third-order valence-electron chi connectivity index (χ3n) is 12.3. The van der Waals surface area contributed by atoms with Crippen LogP contribution in [-0.4, -0.2) is 107 Å². The van der Waals surface area contributed by atoms with E-state index in [1.165, 1.54) is 6.07 Å². The van der Waals surface area contributed by atoms with E-state index in [0.29, 0.717) is 66.4 Å². The Hall–Kier alpha value is -5.07. The van der Waals surface area contributed by atoms with Crippen LogP contribution in [0.5, 0.6) is 6.01 Å². The predicted molar refractivity (Wildman–Crippen MR) is 199 cm³/mol. The van der Waals surface area contributed by atoms with E-state index >= 15 is 4.39 Å². The fraction of sp³-hybridized carbons (Fsp3) is 0.463. The highest BCUT2D eigenvalue weighted by Gasteiger charge is 2.52. The number of hydrogen-bond donors (Lipinski definition) is 1. The Morgan fingerprint density at radius 1 is 1.07 bits per heavy atom. The molecule has 2 bridgehead atoms. The van der Waals surface area contributed by atoms with Gasteiger partial charge in [0.2, 0.25) is 0 Å². The molecule has 0 radical (unpaired) electrons. The lowest BCUT2D eigenvalue weighted by Crippen LogP contribution is -2.51. The molecule has 10 nitrogen and oxygen atoms in total. The van der Waals surface area contributed by atoms with E-state index in [1.807, 2.05) is 0 Å². The number of carbonyl (C=O) groups excluding carboxylic acids is 1. The Morgan fingerprint density at radius 2 is 1.88 bits per heavy atom. The fourth-order valence-corrected chi connectivity index (χ4v) is 9.58. The van der Waals surface area contributed by atoms with E-state index in [9.17, 15) is 22.4 Å². The zero-order valence-electron chi connectivity index (χ0n) is 30.5. The van der Waals surface area contributed by atoms with Crippen molar-refractivity contribution in [2.24, 2.45) is 5.92 Å². The summed E-state index contributed by atoms with van der Waals surface area (Å²) >= 11 is 0. The van der Waals surface area contributed by atoms with Gasteiger partial charge in [-0.05, 0) is 50.0 Å². The quantitative estimate of drug-likeness (QED) is 0.127. The summed E-state index contributed by atoms with van der Waals surface area (Å²) in [6.45, 7) is 5.84. The van der Waals surface area contributed by atoms with E-state index < -0.39 is 41.9 Å². The number of nitrogens with zero attached hydrogens (tertiary/aromatic N) is 6. The topological polar surface area (TPSA) is 96.0 Å². The standard InChI is InChI=1S/C41H40F5N7O3/c1-3-29-32(42)10-7-24-5-4-6-30(33(24)29)35-34(43)36-31(16-47-35)37(52-19-26-8-9-27(20-52)48-26)50-38(49-36)56-22-40-13-11-28(53(40)17-23(2)15-40)21-55-39(54)51-14-12-25(18-51)41(44,45)46/h1,4-7,10,16,25-28,48H,2,8-9,11-15,17-22H2/t25?,26-,27+,28-,40-/m0/s1. The van der Waals surface area contributed by atoms with Gasteiger partial charge in [-0.25, -0.2) is 13.6 Å². The maximum absolute atomic E-state index is 17.0. The van der Waals surface area contributed by atoms with E-state index in [-0.39, 0.29) is 67.1 Å². The molecule has 1 amide bonds. The maximum Gasteiger partial charge on any atom is 0.409 e. The summed E-state index contributed by atoms with van der Waals surface area (Å²) in [6, 6.07) is 8.36. The Balaban J connectivity index is 1.01. The van der Waals surface area contributed by atoms with Crippen molar-refractivity contribution >= 4 is 33.6 Å². The summed E-state index contributed by atoms with van der Waals surface area (Å²) in [5, 5.41) is 5.05. The summed E-state index contributed by atoms with van der Waals surface area (Å²) in [6.07, 6.45) is 6.03. The first-order valence-corrected chi connectivity index (χ1v) is 19.0. The minimum Gasteiger partial charge on any atom is -0.461 e. The maximum atomic E-state index is 17.0. The Labute approximate surface area is 320 Å². The molecule has 1 N–H and O–H groups in total.